The Bertz CT molecular complexity index is 1040. The fourth-order valence-electron chi connectivity index (χ4n) is 4.30. The number of nitrogens with one attached hydrogen (secondary N) is 1. The maximum atomic E-state index is 12.1. The first-order chi connectivity index (χ1) is 14.2. The van der Waals surface area contributed by atoms with Gasteiger partial charge in [0.1, 0.15) is 5.82 Å². The van der Waals surface area contributed by atoms with Gasteiger partial charge < -0.3 is 19.7 Å². The van der Waals surface area contributed by atoms with Crippen molar-refractivity contribution in [2.24, 2.45) is 0 Å². The molecule has 29 heavy (non-hydrogen) atoms. The van der Waals surface area contributed by atoms with E-state index in [2.05, 4.69) is 20.9 Å². The normalized spacial score (nSPS) is 20.0. The Labute approximate surface area is 168 Å². The number of para-hydroxylation sites is 1. The lowest BCUT2D eigenvalue weighted by Crippen LogP contribution is -2.41. The van der Waals surface area contributed by atoms with Crippen molar-refractivity contribution in [3.05, 3.63) is 53.6 Å². The number of carboxylic acid groups (broad SMARTS) is 1. The zero-order valence-electron chi connectivity index (χ0n) is 16.0. The SMILES string of the molecule is O=C(O)C1c2nc[nH]c2CCN1Cc1cc2ccccc2nc1N1CCOCC1. The van der Waals surface area contributed by atoms with Gasteiger partial charge in [0.25, 0.3) is 0 Å². The third-order valence-electron chi connectivity index (χ3n) is 5.72. The quantitative estimate of drug-likeness (QED) is 0.700. The molecule has 4 heterocycles. The number of benzene rings is 1. The molecule has 0 amide bonds. The predicted octanol–water partition coefficient (Wildman–Crippen LogP) is 1.98. The number of hydrogen-bond acceptors (Lipinski definition) is 6. The molecule has 3 aromatic rings. The molecule has 0 spiro atoms. The Morgan fingerprint density at radius 1 is 1.24 bits per heavy atom. The number of aromatic nitrogens is 3. The van der Waals surface area contributed by atoms with Gasteiger partial charge >= 0.3 is 5.97 Å². The smallest absolute Gasteiger partial charge is 0.327 e. The molecule has 1 aromatic carbocycles. The number of carbonyl (C=O) groups is 1. The number of aliphatic carboxylic acids is 1. The van der Waals surface area contributed by atoms with Crippen LogP contribution in [-0.2, 0) is 22.5 Å². The van der Waals surface area contributed by atoms with Crippen molar-refractivity contribution in [2.45, 2.75) is 19.0 Å². The van der Waals surface area contributed by atoms with Crippen LogP contribution in [0.25, 0.3) is 10.9 Å². The second-order valence-corrected chi connectivity index (χ2v) is 7.49. The standard InChI is InChI=1S/C21H23N5O3/c27-21(28)19-18-17(22-13-23-18)5-6-26(19)12-15-11-14-3-1-2-4-16(14)24-20(15)25-7-9-29-10-8-25/h1-4,11,13,19H,5-10,12H2,(H,22,23)(H,27,28). The van der Waals surface area contributed by atoms with Crippen LogP contribution in [0.1, 0.15) is 23.0 Å². The Balaban J connectivity index is 1.54. The second-order valence-electron chi connectivity index (χ2n) is 7.49. The monoisotopic (exact) mass is 393 g/mol. The average Bonchev–Trinajstić information content (AvgIpc) is 3.22. The number of nitrogens with zero attached hydrogens (tertiary/aromatic N) is 4. The molecule has 1 fully saturated rings. The van der Waals surface area contributed by atoms with Gasteiger partial charge in [-0.3, -0.25) is 9.69 Å². The molecule has 5 rings (SSSR count). The number of carboxylic acids is 1. The minimum Gasteiger partial charge on any atom is -0.480 e. The Morgan fingerprint density at radius 2 is 2.07 bits per heavy atom. The van der Waals surface area contributed by atoms with E-state index in [0.29, 0.717) is 32.0 Å². The highest BCUT2D eigenvalue weighted by atomic mass is 16.5. The number of H-pyrrole nitrogens is 1. The molecule has 150 valence electrons. The molecular formula is C21H23N5O3. The minimum atomic E-state index is -0.875. The number of pyridine rings is 1. The second kappa shape index (κ2) is 7.46. The maximum Gasteiger partial charge on any atom is 0.327 e. The van der Waals surface area contributed by atoms with Gasteiger partial charge in [-0.1, -0.05) is 18.2 Å². The Morgan fingerprint density at radius 3 is 2.90 bits per heavy atom. The molecule has 1 saturated heterocycles. The van der Waals surface area contributed by atoms with E-state index < -0.39 is 12.0 Å². The Kier molecular flexibility index (Phi) is 4.65. The molecule has 8 heteroatoms. The van der Waals surface area contributed by atoms with E-state index >= 15 is 0 Å². The van der Waals surface area contributed by atoms with Crippen molar-refractivity contribution in [1.82, 2.24) is 19.9 Å². The molecule has 2 aromatic heterocycles. The first-order valence-electron chi connectivity index (χ1n) is 9.91. The average molecular weight is 393 g/mol. The van der Waals surface area contributed by atoms with Crippen LogP contribution in [0, 0.1) is 0 Å². The topological polar surface area (TPSA) is 94.6 Å². The summed E-state index contributed by atoms with van der Waals surface area (Å²) in [5, 5.41) is 11.0. The summed E-state index contributed by atoms with van der Waals surface area (Å²) in [7, 11) is 0. The summed E-state index contributed by atoms with van der Waals surface area (Å²) in [6.45, 7) is 4.07. The van der Waals surface area contributed by atoms with Crippen LogP contribution >= 0.6 is 0 Å². The predicted molar refractivity (Wildman–Crippen MR) is 108 cm³/mol. The van der Waals surface area contributed by atoms with E-state index in [1.807, 2.05) is 29.2 Å². The number of ether oxygens (including phenoxy) is 1. The number of hydrogen-bond donors (Lipinski definition) is 2. The van der Waals surface area contributed by atoms with Crippen LogP contribution in [0.5, 0.6) is 0 Å². The zero-order valence-corrected chi connectivity index (χ0v) is 16.0. The van der Waals surface area contributed by atoms with Crippen molar-refractivity contribution in [3.8, 4) is 0 Å². The highest BCUT2D eigenvalue weighted by Gasteiger charge is 2.35. The number of anilines is 1. The van der Waals surface area contributed by atoms with Gasteiger partial charge in [0.05, 0.1) is 30.8 Å². The number of morpholine rings is 1. The molecule has 2 N–H and O–H groups in total. The van der Waals surface area contributed by atoms with E-state index in [4.69, 9.17) is 9.72 Å². The number of fused-ring (bicyclic) bond motifs is 2. The van der Waals surface area contributed by atoms with Crippen LogP contribution < -0.4 is 4.90 Å². The van der Waals surface area contributed by atoms with E-state index in [9.17, 15) is 9.90 Å². The summed E-state index contributed by atoms with van der Waals surface area (Å²) >= 11 is 0. The first kappa shape index (κ1) is 18.1. The minimum absolute atomic E-state index is 0.508. The molecule has 0 radical (unpaired) electrons. The van der Waals surface area contributed by atoms with E-state index in [1.54, 1.807) is 6.33 Å². The largest absolute Gasteiger partial charge is 0.480 e. The summed E-state index contributed by atoms with van der Waals surface area (Å²) in [6.07, 6.45) is 2.34. The fourth-order valence-corrected chi connectivity index (χ4v) is 4.30. The van der Waals surface area contributed by atoms with E-state index in [0.717, 1.165) is 47.5 Å². The van der Waals surface area contributed by atoms with E-state index in [1.165, 1.54) is 0 Å². The summed E-state index contributed by atoms with van der Waals surface area (Å²) in [5.74, 6) is 0.0451. The molecule has 0 saturated carbocycles. The molecule has 0 bridgehead atoms. The van der Waals surface area contributed by atoms with Crippen LogP contribution in [0.15, 0.2) is 36.7 Å². The fraction of sp³-hybridized carbons (Fsp3) is 0.381. The number of rotatable bonds is 4. The van der Waals surface area contributed by atoms with Crippen LogP contribution in [0.4, 0.5) is 5.82 Å². The number of imidazole rings is 1. The van der Waals surface area contributed by atoms with Gasteiger partial charge in [-0.15, -0.1) is 0 Å². The summed E-state index contributed by atoms with van der Waals surface area (Å²) in [4.78, 5) is 28.6. The summed E-state index contributed by atoms with van der Waals surface area (Å²) in [6, 6.07) is 9.44. The Hall–Kier alpha value is -2.97. The molecule has 2 aliphatic heterocycles. The van der Waals surface area contributed by atoms with Crippen molar-refractivity contribution in [2.75, 3.05) is 37.7 Å². The van der Waals surface area contributed by atoms with Gasteiger partial charge in [-0.2, -0.15) is 0 Å². The molecule has 8 nitrogen and oxygen atoms in total. The van der Waals surface area contributed by atoms with Crippen molar-refractivity contribution in [1.29, 1.82) is 0 Å². The van der Waals surface area contributed by atoms with Crippen molar-refractivity contribution in [3.63, 3.8) is 0 Å². The van der Waals surface area contributed by atoms with Crippen molar-refractivity contribution >= 4 is 22.7 Å². The van der Waals surface area contributed by atoms with Gasteiger partial charge in [0.2, 0.25) is 0 Å². The van der Waals surface area contributed by atoms with Crippen LogP contribution in [0.3, 0.4) is 0 Å². The third kappa shape index (κ3) is 3.34. The lowest BCUT2D eigenvalue weighted by atomic mass is 10.0. The molecule has 2 aliphatic rings. The zero-order chi connectivity index (χ0) is 19.8. The van der Waals surface area contributed by atoms with Gasteiger partial charge in [0.15, 0.2) is 6.04 Å². The van der Waals surface area contributed by atoms with Gasteiger partial charge in [-0.05, 0) is 12.1 Å². The van der Waals surface area contributed by atoms with E-state index in [-0.39, 0.29) is 0 Å². The summed E-state index contributed by atoms with van der Waals surface area (Å²) < 4.78 is 5.51. The van der Waals surface area contributed by atoms with Gasteiger partial charge in [0, 0.05) is 49.2 Å². The lowest BCUT2D eigenvalue weighted by Gasteiger charge is -2.34. The molecule has 1 atom stereocenters. The summed E-state index contributed by atoms with van der Waals surface area (Å²) in [5.41, 5.74) is 3.51. The van der Waals surface area contributed by atoms with Crippen molar-refractivity contribution < 1.29 is 14.6 Å². The molecular weight excluding hydrogens is 370 g/mol. The number of aromatic amines is 1. The maximum absolute atomic E-state index is 12.1. The molecule has 1 unspecified atom stereocenters. The highest BCUT2D eigenvalue weighted by molar-refractivity contribution is 5.82. The van der Waals surface area contributed by atoms with Crippen LogP contribution in [0.2, 0.25) is 0 Å². The third-order valence-corrected chi connectivity index (χ3v) is 5.72. The first-order valence-corrected chi connectivity index (χ1v) is 9.91. The van der Waals surface area contributed by atoms with Gasteiger partial charge in [-0.25, -0.2) is 9.97 Å². The molecule has 0 aliphatic carbocycles. The highest BCUT2D eigenvalue weighted by Crippen LogP contribution is 2.32. The lowest BCUT2D eigenvalue weighted by molar-refractivity contribution is -0.144. The van der Waals surface area contributed by atoms with Crippen LogP contribution in [-0.4, -0.2) is 63.8 Å².